The summed E-state index contributed by atoms with van der Waals surface area (Å²) in [6.45, 7) is 16.3. The van der Waals surface area contributed by atoms with Crippen molar-refractivity contribution in [2.45, 2.75) is 87.0 Å². The van der Waals surface area contributed by atoms with Crippen molar-refractivity contribution >= 4 is 5.78 Å². The maximum atomic E-state index is 14.4. The summed E-state index contributed by atoms with van der Waals surface area (Å²) >= 11 is 0. The molecule has 0 aromatic heterocycles. The fourth-order valence-electron chi connectivity index (χ4n) is 3.26. The van der Waals surface area contributed by atoms with Crippen LogP contribution < -0.4 is 0 Å². The Morgan fingerprint density at radius 1 is 1.08 bits per heavy atom. The highest BCUT2D eigenvalue weighted by Gasteiger charge is 2.33. The molecule has 0 fully saturated rings. The van der Waals surface area contributed by atoms with Gasteiger partial charge in [-0.05, 0) is 30.4 Å². The molecule has 0 saturated carbocycles. The van der Waals surface area contributed by atoms with E-state index in [1.54, 1.807) is 6.07 Å². The summed E-state index contributed by atoms with van der Waals surface area (Å²) < 4.78 is 14.4. The van der Waals surface area contributed by atoms with Gasteiger partial charge >= 0.3 is 0 Å². The Labute approximate surface area is 155 Å². The first-order valence-corrected chi connectivity index (χ1v) is 10.1. The molecule has 1 nitrogen and oxygen atoms in total. The van der Waals surface area contributed by atoms with Crippen molar-refractivity contribution in [3.8, 4) is 0 Å². The Morgan fingerprint density at radius 2 is 1.68 bits per heavy atom. The highest BCUT2D eigenvalue weighted by Crippen LogP contribution is 2.36. The summed E-state index contributed by atoms with van der Waals surface area (Å²) in [5, 5.41) is 0. The normalized spacial score (nSPS) is 14.5. The predicted octanol–water partition coefficient (Wildman–Crippen LogP) is 7.32. The van der Waals surface area contributed by atoms with E-state index in [9.17, 15) is 9.18 Å². The number of Topliss-reactive ketones (excluding diaryl/α,β-unsaturated/α-hetero) is 1. The molecule has 25 heavy (non-hydrogen) atoms. The second-order valence-electron chi connectivity index (χ2n) is 7.39. The van der Waals surface area contributed by atoms with Gasteiger partial charge in [-0.1, -0.05) is 91.8 Å². The summed E-state index contributed by atoms with van der Waals surface area (Å²) in [6, 6.07) is 5.13. The van der Waals surface area contributed by atoms with E-state index in [4.69, 9.17) is 0 Å². The Hall–Kier alpha value is -1.18. The summed E-state index contributed by atoms with van der Waals surface area (Å²) in [5.41, 5.74) is 1.59. The minimum absolute atomic E-state index is 0.0785. The van der Waals surface area contributed by atoms with E-state index in [0.29, 0.717) is 11.5 Å². The topological polar surface area (TPSA) is 17.1 Å². The van der Waals surface area contributed by atoms with E-state index in [1.807, 2.05) is 40.7 Å². The third-order valence-corrected chi connectivity index (χ3v) is 5.05. The standard InChI is InChI=1S/C21H33FO.C2H6/c1-7-8-9-10-16(5)17(6)20(21(23)14(2)3)18-13-15(4)11-12-19(18)22;1-2/h11-14,16-17,20H,7-10H2,1-6H3;1-2H3. The molecule has 0 radical (unpaired) electrons. The lowest BCUT2D eigenvalue weighted by Gasteiger charge is -2.30. The predicted molar refractivity (Wildman–Crippen MR) is 108 cm³/mol. The molecular weight excluding hydrogens is 311 g/mol. The third-order valence-electron chi connectivity index (χ3n) is 5.05. The molecule has 0 N–H and O–H groups in total. The van der Waals surface area contributed by atoms with Crippen molar-refractivity contribution < 1.29 is 9.18 Å². The Morgan fingerprint density at radius 3 is 2.20 bits per heavy atom. The number of hydrogen-bond acceptors (Lipinski definition) is 1. The molecule has 1 aromatic rings. The van der Waals surface area contributed by atoms with Gasteiger partial charge in [0.1, 0.15) is 11.6 Å². The van der Waals surface area contributed by atoms with E-state index in [0.717, 1.165) is 12.0 Å². The third kappa shape index (κ3) is 7.30. The van der Waals surface area contributed by atoms with Crippen LogP contribution in [0.1, 0.15) is 91.2 Å². The first kappa shape index (κ1) is 23.8. The van der Waals surface area contributed by atoms with Crippen LogP contribution in [-0.4, -0.2) is 5.78 Å². The van der Waals surface area contributed by atoms with E-state index in [-0.39, 0.29) is 29.4 Å². The van der Waals surface area contributed by atoms with Gasteiger partial charge in [0.2, 0.25) is 0 Å². The molecule has 144 valence electrons. The van der Waals surface area contributed by atoms with Crippen LogP contribution in [0.15, 0.2) is 18.2 Å². The molecule has 2 heteroatoms. The van der Waals surface area contributed by atoms with Crippen LogP contribution in [0.5, 0.6) is 0 Å². The number of aryl methyl sites for hydroxylation is 1. The summed E-state index contributed by atoms with van der Waals surface area (Å²) in [5.74, 6) is 0.0514. The SMILES string of the molecule is CC.CCCCCC(C)C(C)C(C(=O)C(C)C)c1cc(C)ccc1F. The van der Waals surface area contributed by atoms with Gasteiger partial charge in [-0.25, -0.2) is 4.39 Å². The van der Waals surface area contributed by atoms with Gasteiger partial charge in [0.05, 0.1) is 0 Å². The van der Waals surface area contributed by atoms with Gasteiger partial charge in [-0.3, -0.25) is 4.79 Å². The van der Waals surface area contributed by atoms with Crippen molar-refractivity contribution in [2.24, 2.45) is 17.8 Å². The molecule has 0 spiro atoms. The average Bonchev–Trinajstić information content (AvgIpc) is 2.59. The summed E-state index contributed by atoms with van der Waals surface area (Å²) in [4.78, 5) is 12.8. The molecule has 3 atom stereocenters. The average molecular weight is 351 g/mol. The summed E-state index contributed by atoms with van der Waals surface area (Å²) in [7, 11) is 0. The second-order valence-corrected chi connectivity index (χ2v) is 7.39. The van der Waals surface area contributed by atoms with E-state index in [2.05, 4.69) is 20.8 Å². The van der Waals surface area contributed by atoms with Crippen molar-refractivity contribution in [2.75, 3.05) is 0 Å². The molecule has 0 aliphatic rings. The molecule has 0 amide bonds. The first-order chi connectivity index (χ1) is 11.8. The van der Waals surface area contributed by atoms with Crippen LogP contribution in [0.2, 0.25) is 0 Å². The fourth-order valence-corrected chi connectivity index (χ4v) is 3.26. The van der Waals surface area contributed by atoms with E-state index in [1.165, 1.54) is 25.3 Å². The lowest BCUT2D eigenvalue weighted by atomic mass is 9.73. The zero-order chi connectivity index (χ0) is 19.6. The van der Waals surface area contributed by atoms with E-state index < -0.39 is 0 Å². The Bertz CT molecular complexity index is 507. The van der Waals surface area contributed by atoms with Gasteiger partial charge in [-0.2, -0.15) is 0 Å². The molecule has 0 aliphatic carbocycles. The van der Waals surface area contributed by atoms with Gasteiger partial charge in [0, 0.05) is 11.8 Å². The smallest absolute Gasteiger partial charge is 0.143 e. The number of halogens is 1. The van der Waals surface area contributed by atoms with Crippen LogP contribution in [-0.2, 0) is 4.79 Å². The van der Waals surface area contributed by atoms with Gasteiger partial charge in [0.15, 0.2) is 0 Å². The maximum Gasteiger partial charge on any atom is 0.143 e. The van der Waals surface area contributed by atoms with Crippen LogP contribution in [0.4, 0.5) is 4.39 Å². The number of carbonyl (C=O) groups excluding carboxylic acids is 1. The quantitative estimate of drug-likeness (QED) is 0.426. The minimum atomic E-state index is -0.341. The minimum Gasteiger partial charge on any atom is -0.299 e. The molecule has 3 unspecified atom stereocenters. The highest BCUT2D eigenvalue weighted by molar-refractivity contribution is 5.87. The molecule has 0 saturated heterocycles. The number of hydrogen-bond donors (Lipinski definition) is 0. The molecule has 0 aliphatic heterocycles. The molecule has 1 rings (SSSR count). The fraction of sp³-hybridized carbons (Fsp3) is 0.696. The van der Waals surface area contributed by atoms with Crippen molar-refractivity contribution in [3.63, 3.8) is 0 Å². The number of unbranched alkanes of at least 4 members (excludes halogenated alkanes) is 2. The number of carbonyl (C=O) groups is 1. The second kappa shape index (κ2) is 12.2. The molecule has 1 aromatic carbocycles. The maximum absolute atomic E-state index is 14.4. The van der Waals surface area contributed by atoms with Crippen molar-refractivity contribution in [1.29, 1.82) is 0 Å². The van der Waals surface area contributed by atoms with Crippen molar-refractivity contribution in [3.05, 3.63) is 35.1 Å². The van der Waals surface area contributed by atoms with Gasteiger partial charge in [0.25, 0.3) is 0 Å². The van der Waals surface area contributed by atoms with Crippen LogP contribution in [0.3, 0.4) is 0 Å². The van der Waals surface area contributed by atoms with Gasteiger partial charge in [-0.15, -0.1) is 0 Å². The lowest BCUT2D eigenvalue weighted by Crippen LogP contribution is -2.28. The van der Waals surface area contributed by atoms with Crippen LogP contribution >= 0.6 is 0 Å². The zero-order valence-electron chi connectivity index (χ0n) is 17.7. The first-order valence-electron chi connectivity index (χ1n) is 10.1. The Balaban J connectivity index is 0.00000277. The largest absolute Gasteiger partial charge is 0.299 e. The molecular formula is C23H39FO. The highest BCUT2D eigenvalue weighted by atomic mass is 19.1. The number of rotatable bonds is 9. The monoisotopic (exact) mass is 350 g/mol. The van der Waals surface area contributed by atoms with Crippen LogP contribution in [0, 0.1) is 30.5 Å². The van der Waals surface area contributed by atoms with Crippen LogP contribution in [0.25, 0.3) is 0 Å². The Kier molecular flexibility index (Phi) is 11.6. The number of benzene rings is 1. The summed E-state index contributed by atoms with van der Waals surface area (Å²) in [6.07, 6.45) is 4.70. The van der Waals surface area contributed by atoms with E-state index >= 15 is 0 Å². The molecule has 0 bridgehead atoms. The zero-order valence-corrected chi connectivity index (χ0v) is 17.7. The lowest BCUT2D eigenvalue weighted by molar-refractivity contribution is -0.125. The molecule has 0 heterocycles. The van der Waals surface area contributed by atoms with Crippen molar-refractivity contribution in [1.82, 2.24) is 0 Å². The number of ketones is 1. The van der Waals surface area contributed by atoms with Gasteiger partial charge < -0.3 is 0 Å².